The molecule has 1 amide bonds. The Morgan fingerprint density at radius 2 is 2.00 bits per heavy atom. The molecule has 25 heavy (non-hydrogen) atoms. The van der Waals surface area contributed by atoms with Crippen molar-refractivity contribution in [1.82, 2.24) is 9.62 Å². The molecular weight excluding hydrogens is 358 g/mol. The molecule has 2 fully saturated rings. The Hall–Kier alpha value is -1.09. The first-order valence-corrected chi connectivity index (χ1v) is 11.2. The molecule has 6 nitrogen and oxygen atoms in total. The largest absolute Gasteiger partial charge is 0.324 e. The van der Waals surface area contributed by atoms with E-state index in [4.69, 9.17) is 0 Å². The molecule has 8 heteroatoms. The number of sulfonamides is 1. The van der Waals surface area contributed by atoms with Gasteiger partial charge in [0.15, 0.2) is 0 Å². The van der Waals surface area contributed by atoms with E-state index in [1.54, 1.807) is 16.1 Å². The lowest BCUT2D eigenvalue weighted by Gasteiger charge is -2.28. The minimum absolute atomic E-state index is 0.166. The third kappa shape index (κ3) is 4.19. The van der Waals surface area contributed by atoms with Gasteiger partial charge in [-0.25, -0.2) is 8.42 Å². The van der Waals surface area contributed by atoms with Gasteiger partial charge in [0.05, 0.1) is 11.3 Å². The number of hydrogen-bond donors (Lipinski definition) is 2. The number of carbonyl (C=O) groups is 1. The van der Waals surface area contributed by atoms with E-state index < -0.39 is 21.3 Å². The molecule has 2 unspecified atom stereocenters. The van der Waals surface area contributed by atoms with E-state index in [1.807, 2.05) is 32.0 Å². The van der Waals surface area contributed by atoms with Gasteiger partial charge in [-0.3, -0.25) is 4.79 Å². The van der Waals surface area contributed by atoms with Gasteiger partial charge in [0.1, 0.15) is 0 Å². The van der Waals surface area contributed by atoms with Gasteiger partial charge in [-0.15, -0.1) is 0 Å². The average molecular weight is 384 g/mol. The van der Waals surface area contributed by atoms with Crippen molar-refractivity contribution in [3.63, 3.8) is 0 Å². The maximum absolute atomic E-state index is 12.8. The van der Waals surface area contributed by atoms with Crippen molar-refractivity contribution in [1.29, 1.82) is 0 Å². The maximum atomic E-state index is 12.8. The zero-order valence-electron chi connectivity index (χ0n) is 14.6. The summed E-state index contributed by atoms with van der Waals surface area (Å²) in [5.41, 5.74) is 2.85. The minimum Gasteiger partial charge on any atom is -0.324 e. The summed E-state index contributed by atoms with van der Waals surface area (Å²) in [4.78, 5) is 12.5. The maximum Gasteiger partial charge on any atom is 0.241 e. The Balaban J connectivity index is 1.64. The molecule has 2 aliphatic rings. The van der Waals surface area contributed by atoms with E-state index >= 15 is 0 Å². The number of aryl methyl sites for hydroxylation is 2. The molecule has 0 aromatic heterocycles. The molecule has 0 bridgehead atoms. The van der Waals surface area contributed by atoms with Crippen molar-refractivity contribution in [3.05, 3.63) is 29.3 Å². The van der Waals surface area contributed by atoms with Gasteiger partial charge in [0.25, 0.3) is 0 Å². The molecule has 2 aliphatic heterocycles. The number of nitrogens with one attached hydrogen (secondary N) is 2. The van der Waals surface area contributed by atoms with E-state index in [0.29, 0.717) is 26.1 Å². The van der Waals surface area contributed by atoms with Crippen LogP contribution in [-0.2, 0) is 14.8 Å². The van der Waals surface area contributed by atoms with Crippen LogP contribution in [0.1, 0.15) is 17.5 Å². The highest BCUT2D eigenvalue weighted by Crippen LogP contribution is 2.23. The van der Waals surface area contributed by atoms with Gasteiger partial charge in [-0.1, -0.05) is 12.1 Å². The number of rotatable bonds is 4. The SMILES string of the molecule is Cc1ccc(C)c(NC(=O)C2CC(S(=O)(=O)N3CCSCC3)CN2)c1. The van der Waals surface area contributed by atoms with Crippen LogP contribution in [0.25, 0.3) is 0 Å². The Morgan fingerprint density at radius 1 is 1.28 bits per heavy atom. The highest BCUT2D eigenvalue weighted by atomic mass is 32.2. The zero-order chi connectivity index (χ0) is 18.0. The number of nitrogens with zero attached hydrogens (tertiary/aromatic N) is 1. The molecule has 0 radical (unpaired) electrons. The lowest BCUT2D eigenvalue weighted by molar-refractivity contribution is -0.117. The monoisotopic (exact) mass is 383 g/mol. The molecule has 0 spiro atoms. The summed E-state index contributed by atoms with van der Waals surface area (Å²) < 4.78 is 27.1. The Morgan fingerprint density at radius 3 is 2.72 bits per heavy atom. The number of carbonyl (C=O) groups excluding carboxylic acids is 1. The van der Waals surface area contributed by atoms with Crippen LogP contribution in [0.15, 0.2) is 18.2 Å². The van der Waals surface area contributed by atoms with Crippen molar-refractivity contribution in [3.8, 4) is 0 Å². The van der Waals surface area contributed by atoms with Crippen molar-refractivity contribution >= 4 is 33.4 Å². The van der Waals surface area contributed by atoms with E-state index in [0.717, 1.165) is 28.3 Å². The smallest absolute Gasteiger partial charge is 0.241 e. The van der Waals surface area contributed by atoms with Gasteiger partial charge in [-0.2, -0.15) is 16.1 Å². The Bertz CT molecular complexity index is 746. The first-order valence-electron chi connectivity index (χ1n) is 8.56. The molecule has 1 aromatic carbocycles. The Labute approximate surface area is 153 Å². The Kier molecular flexibility index (Phi) is 5.72. The van der Waals surface area contributed by atoms with Crippen LogP contribution in [0, 0.1) is 13.8 Å². The van der Waals surface area contributed by atoms with Gasteiger partial charge < -0.3 is 10.6 Å². The minimum atomic E-state index is -3.34. The summed E-state index contributed by atoms with van der Waals surface area (Å²) in [6.07, 6.45) is 0.322. The van der Waals surface area contributed by atoms with Crippen LogP contribution in [-0.4, -0.2) is 61.1 Å². The van der Waals surface area contributed by atoms with Gasteiger partial charge in [-0.05, 0) is 37.5 Å². The van der Waals surface area contributed by atoms with Gasteiger partial charge in [0.2, 0.25) is 15.9 Å². The van der Waals surface area contributed by atoms with Crippen LogP contribution >= 0.6 is 11.8 Å². The molecular formula is C17H25N3O3S2. The molecule has 0 aliphatic carbocycles. The fraction of sp³-hybridized carbons (Fsp3) is 0.588. The van der Waals surface area contributed by atoms with Crippen LogP contribution < -0.4 is 10.6 Å². The summed E-state index contributed by atoms with van der Waals surface area (Å²) in [7, 11) is -3.34. The first-order chi connectivity index (χ1) is 11.9. The van der Waals surface area contributed by atoms with Gasteiger partial charge in [0, 0.05) is 36.8 Å². The van der Waals surface area contributed by atoms with E-state index in [-0.39, 0.29) is 5.91 Å². The first kappa shape index (κ1) is 18.7. The standard InChI is InChI=1S/C17H25N3O3S2/c1-12-3-4-13(2)15(9-12)19-17(21)16-10-14(11-18-16)25(22,23)20-5-7-24-8-6-20/h3-4,9,14,16,18H,5-8,10-11H2,1-2H3,(H,19,21). The molecule has 2 heterocycles. The fourth-order valence-corrected chi connectivity index (χ4v) is 6.22. The number of thioether (sulfide) groups is 1. The summed E-state index contributed by atoms with van der Waals surface area (Å²) in [5, 5.41) is 5.49. The molecule has 138 valence electrons. The van der Waals surface area contributed by atoms with Crippen molar-refractivity contribution in [2.75, 3.05) is 36.5 Å². The van der Waals surface area contributed by atoms with Crippen LogP contribution in [0.3, 0.4) is 0 Å². The molecule has 3 rings (SSSR count). The second-order valence-corrected chi connectivity index (χ2v) is 10.1. The number of benzene rings is 1. The summed E-state index contributed by atoms with van der Waals surface area (Å²) in [6, 6.07) is 5.42. The van der Waals surface area contributed by atoms with E-state index in [2.05, 4.69) is 10.6 Å². The highest BCUT2D eigenvalue weighted by Gasteiger charge is 2.40. The van der Waals surface area contributed by atoms with E-state index in [9.17, 15) is 13.2 Å². The second kappa shape index (κ2) is 7.65. The topological polar surface area (TPSA) is 78.5 Å². The third-order valence-corrected chi connectivity index (χ3v) is 8.04. The number of anilines is 1. The quantitative estimate of drug-likeness (QED) is 0.821. The summed E-state index contributed by atoms with van der Waals surface area (Å²) in [6.45, 7) is 5.39. The van der Waals surface area contributed by atoms with Crippen molar-refractivity contribution in [2.24, 2.45) is 0 Å². The van der Waals surface area contributed by atoms with Crippen molar-refractivity contribution in [2.45, 2.75) is 31.6 Å². The summed E-state index contributed by atoms with van der Waals surface area (Å²) in [5.74, 6) is 1.52. The average Bonchev–Trinajstić information content (AvgIpc) is 3.10. The van der Waals surface area contributed by atoms with Crippen LogP contribution in [0.5, 0.6) is 0 Å². The molecule has 1 aromatic rings. The number of hydrogen-bond acceptors (Lipinski definition) is 5. The predicted octanol–water partition coefficient (Wildman–Crippen LogP) is 1.35. The molecule has 2 saturated heterocycles. The molecule has 2 atom stereocenters. The lowest BCUT2D eigenvalue weighted by Crippen LogP contribution is -2.44. The van der Waals surface area contributed by atoms with Crippen molar-refractivity contribution < 1.29 is 13.2 Å². The normalized spacial score (nSPS) is 25.0. The third-order valence-electron chi connectivity index (χ3n) is 4.81. The second-order valence-electron chi connectivity index (χ2n) is 6.68. The predicted molar refractivity (Wildman–Crippen MR) is 103 cm³/mol. The highest BCUT2D eigenvalue weighted by molar-refractivity contribution is 7.99. The van der Waals surface area contributed by atoms with E-state index in [1.165, 1.54) is 0 Å². The molecule has 2 N–H and O–H groups in total. The van der Waals surface area contributed by atoms with Crippen LogP contribution in [0.2, 0.25) is 0 Å². The zero-order valence-corrected chi connectivity index (χ0v) is 16.3. The fourth-order valence-electron chi connectivity index (χ4n) is 3.23. The molecule has 0 saturated carbocycles. The van der Waals surface area contributed by atoms with Gasteiger partial charge >= 0.3 is 0 Å². The lowest BCUT2D eigenvalue weighted by atomic mass is 10.1. The van der Waals surface area contributed by atoms with Crippen LogP contribution in [0.4, 0.5) is 5.69 Å². The number of amides is 1. The summed E-state index contributed by atoms with van der Waals surface area (Å²) >= 11 is 1.78.